The van der Waals surface area contributed by atoms with E-state index in [2.05, 4.69) is 16.3 Å². The highest BCUT2D eigenvalue weighted by Gasteiger charge is 2.11. The zero-order chi connectivity index (χ0) is 10.8. The van der Waals surface area contributed by atoms with Crippen molar-refractivity contribution in [1.29, 1.82) is 5.26 Å². The summed E-state index contributed by atoms with van der Waals surface area (Å²) in [6.45, 7) is 1.84. The maximum Gasteiger partial charge on any atom is 0.121 e. The van der Waals surface area contributed by atoms with Crippen molar-refractivity contribution in [2.24, 2.45) is 0 Å². The second kappa shape index (κ2) is 3.62. The fourth-order valence-electron chi connectivity index (χ4n) is 1.53. The van der Waals surface area contributed by atoms with E-state index >= 15 is 0 Å². The molecule has 2 aromatic rings. The summed E-state index contributed by atoms with van der Waals surface area (Å²) in [6, 6.07) is 7.82. The van der Waals surface area contributed by atoms with Gasteiger partial charge in [-0.25, -0.2) is 0 Å². The number of ether oxygens (including phenoxy) is 1. The Morgan fingerprint density at radius 1 is 1.53 bits per heavy atom. The van der Waals surface area contributed by atoms with E-state index in [4.69, 9.17) is 10.00 Å². The second-order valence-electron chi connectivity index (χ2n) is 3.37. The van der Waals surface area contributed by atoms with Crippen LogP contribution < -0.4 is 4.74 Å². The molecule has 0 saturated heterocycles. The highest BCUT2D eigenvalue weighted by atomic mass is 16.5. The van der Waals surface area contributed by atoms with Crippen LogP contribution in [0.1, 0.15) is 18.5 Å². The first-order valence-electron chi connectivity index (χ1n) is 4.68. The van der Waals surface area contributed by atoms with E-state index in [0.29, 0.717) is 0 Å². The summed E-state index contributed by atoms with van der Waals surface area (Å²) in [5, 5.41) is 16.8. The first kappa shape index (κ1) is 9.53. The molecule has 1 heterocycles. The lowest BCUT2D eigenvalue weighted by Crippen LogP contribution is -1.90. The molecule has 1 atom stereocenters. The van der Waals surface area contributed by atoms with E-state index in [1.54, 1.807) is 7.11 Å². The number of aromatic amines is 1. The molecule has 0 saturated carbocycles. The summed E-state index contributed by atoms with van der Waals surface area (Å²) in [5.41, 5.74) is 1.68. The van der Waals surface area contributed by atoms with Gasteiger partial charge in [0, 0.05) is 11.5 Å². The highest BCUT2D eigenvalue weighted by Crippen LogP contribution is 2.25. The summed E-state index contributed by atoms with van der Waals surface area (Å²) in [4.78, 5) is 0. The topological polar surface area (TPSA) is 61.7 Å². The van der Waals surface area contributed by atoms with Gasteiger partial charge in [-0.15, -0.1) is 0 Å². The Hall–Kier alpha value is -2.02. The van der Waals surface area contributed by atoms with Gasteiger partial charge in [-0.3, -0.25) is 5.10 Å². The van der Waals surface area contributed by atoms with Crippen LogP contribution in [0, 0.1) is 11.3 Å². The van der Waals surface area contributed by atoms with E-state index < -0.39 is 0 Å². The number of aromatic nitrogens is 2. The Balaban J connectivity index is 2.58. The van der Waals surface area contributed by atoms with Crippen molar-refractivity contribution in [2.75, 3.05) is 7.11 Å². The fraction of sp³-hybridized carbons (Fsp3) is 0.273. The van der Waals surface area contributed by atoms with Crippen molar-refractivity contribution in [2.45, 2.75) is 12.8 Å². The molecule has 4 nitrogen and oxygen atoms in total. The van der Waals surface area contributed by atoms with E-state index in [9.17, 15) is 0 Å². The summed E-state index contributed by atoms with van der Waals surface area (Å²) < 4.78 is 5.10. The quantitative estimate of drug-likeness (QED) is 0.810. The third-order valence-electron chi connectivity index (χ3n) is 2.42. The summed E-state index contributed by atoms with van der Waals surface area (Å²) in [5.74, 6) is 0.591. The van der Waals surface area contributed by atoms with Gasteiger partial charge in [0.15, 0.2) is 0 Å². The molecule has 0 fully saturated rings. The average molecular weight is 201 g/mol. The molecule has 2 rings (SSSR count). The highest BCUT2D eigenvalue weighted by molar-refractivity contribution is 5.83. The molecular weight excluding hydrogens is 190 g/mol. The molecule has 4 heteroatoms. The summed E-state index contributed by atoms with van der Waals surface area (Å²) in [7, 11) is 1.62. The normalized spacial score (nSPS) is 12.3. The van der Waals surface area contributed by atoms with Crippen LogP contribution >= 0.6 is 0 Å². The Morgan fingerprint density at radius 2 is 2.33 bits per heavy atom. The van der Waals surface area contributed by atoms with E-state index in [-0.39, 0.29) is 5.92 Å². The van der Waals surface area contributed by atoms with Gasteiger partial charge in [0.05, 0.1) is 30.3 Å². The van der Waals surface area contributed by atoms with Crippen molar-refractivity contribution < 1.29 is 4.74 Å². The number of nitrogens with one attached hydrogen (secondary N) is 1. The molecule has 15 heavy (non-hydrogen) atoms. The minimum Gasteiger partial charge on any atom is -0.497 e. The standard InChI is InChI=1S/C11H11N3O/c1-7(6-12)11-9-4-3-8(15-2)5-10(9)13-14-11/h3-5,7H,1-2H3,(H,13,14). The lowest BCUT2D eigenvalue weighted by atomic mass is 10.1. The minimum absolute atomic E-state index is 0.177. The van der Waals surface area contributed by atoms with Crippen LogP contribution in [0.15, 0.2) is 18.2 Å². The van der Waals surface area contributed by atoms with Crippen LogP contribution in [0.5, 0.6) is 5.75 Å². The maximum absolute atomic E-state index is 8.84. The maximum atomic E-state index is 8.84. The third-order valence-corrected chi connectivity index (χ3v) is 2.42. The van der Waals surface area contributed by atoms with Crippen molar-refractivity contribution in [3.8, 4) is 11.8 Å². The van der Waals surface area contributed by atoms with Crippen LogP contribution in [-0.2, 0) is 0 Å². The molecule has 0 aliphatic heterocycles. The van der Waals surface area contributed by atoms with Crippen molar-refractivity contribution >= 4 is 10.9 Å². The van der Waals surface area contributed by atoms with Gasteiger partial charge >= 0.3 is 0 Å². The Labute approximate surface area is 87.5 Å². The Kier molecular flexibility index (Phi) is 2.30. The molecule has 1 aromatic carbocycles. The lowest BCUT2D eigenvalue weighted by molar-refractivity contribution is 0.415. The Morgan fingerprint density at radius 3 is 3.00 bits per heavy atom. The molecule has 1 unspecified atom stereocenters. The molecule has 0 radical (unpaired) electrons. The molecule has 0 aliphatic carbocycles. The van der Waals surface area contributed by atoms with Crippen molar-refractivity contribution in [3.05, 3.63) is 23.9 Å². The van der Waals surface area contributed by atoms with Crippen LogP contribution in [0.2, 0.25) is 0 Å². The van der Waals surface area contributed by atoms with Crippen LogP contribution in [0.3, 0.4) is 0 Å². The van der Waals surface area contributed by atoms with Crippen molar-refractivity contribution in [1.82, 2.24) is 10.2 Å². The molecule has 0 spiro atoms. The molecule has 0 bridgehead atoms. The van der Waals surface area contributed by atoms with Gasteiger partial charge in [0.2, 0.25) is 0 Å². The van der Waals surface area contributed by atoms with E-state index in [0.717, 1.165) is 22.3 Å². The van der Waals surface area contributed by atoms with Gasteiger partial charge in [-0.05, 0) is 19.1 Å². The monoisotopic (exact) mass is 201 g/mol. The van der Waals surface area contributed by atoms with Crippen LogP contribution in [0.25, 0.3) is 10.9 Å². The molecule has 1 aromatic heterocycles. The van der Waals surface area contributed by atoms with Crippen molar-refractivity contribution in [3.63, 3.8) is 0 Å². The first-order chi connectivity index (χ1) is 7.26. The minimum atomic E-state index is -0.177. The van der Waals surface area contributed by atoms with Gasteiger partial charge in [-0.2, -0.15) is 10.4 Å². The predicted molar refractivity (Wildman–Crippen MR) is 56.7 cm³/mol. The number of hydrogen-bond acceptors (Lipinski definition) is 3. The van der Waals surface area contributed by atoms with Gasteiger partial charge in [0.25, 0.3) is 0 Å². The van der Waals surface area contributed by atoms with E-state index in [1.165, 1.54) is 0 Å². The molecule has 76 valence electrons. The predicted octanol–water partition coefficient (Wildman–Crippen LogP) is 2.20. The lowest BCUT2D eigenvalue weighted by Gasteiger charge is -2.00. The largest absolute Gasteiger partial charge is 0.497 e. The molecular formula is C11H11N3O. The number of methoxy groups -OCH3 is 1. The SMILES string of the molecule is COc1ccc2c(C(C)C#N)[nH]nc2c1. The number of H-pyrrole nitrogens is 1. The number of hydrogen-bond donors (Lipinski definition) is 1. The molecule has 0 amide bonds. The second-order valence-corrected chi connectivity index (χ2v) is 3.37. The summed E-state index contributed by atoms with van der Waals surface area (Å²) in [6.07, 6.45) is 0. The number of benzene rings is 1. The summed E-state index contributed by atoms with van der Waals surface area (Å²) >= 11 is 0. The van der Waals surface area contributed by atoms with Gasteiger partial charge in [-0.1, -0.05) is 0 Å². The molecule has 0 aliphatic rings. The number of fused-ring (bicyclic) bond motifs is 1. The van der Waals surface area contributed by atoms with E-state index in [1.807, 2.05) is 25.1 Å². The smallest absolute Gasteiger partial charge is 0.121 e. The third kappa shape index (κ3) is 1.52. The van der Waals surface area contributed by atoms with Crippen LogP contribution in [0.4, 0.5) is 0 Å². The zero-order valence-electron chi connectivity index (χ0n) is 8.61. The number of rotatable bonds is 2. The number of nitrogens with zero attached hydrogens (tertiary/aromatic N) is 2. The Bertz CT molecular complexity index is 524. The van der Waals surface area contributed by atoms with Crippen LogP contribution in [-0.4, -0.2) is 17.3 Å². The van der Waals surface area contributed by atoms with Gasteiger partial charge in [0.1, 0.15) is 5.75 Å². The average Bonchev–Trinajstić information content (AvgIpc) is 2.70. The number of nitriles is 1. The fourth-order valence-corrected chi connectivity index (χ4v) is 1.53. The molecule has 1 N–H and O–H groups in total. The first-order valence-corrected chi connectivity index (χ1v) is 4.68. The zero-order valence-corrected chi connectivity index (χ0v) is 8.61. The van der Waals surface area contributed by atoms with Gasteiger partial charge < -0.3 is 4.74 Å².